The number of nitrogens with one attached hydrogen (secondary N) is 1. The first kappa shape index (κ1) is 15.0. The van der Waals surface area contributed by atoms with Gasteiger partial charge in [0.1, 0.15) is 5.75 Å². The molecule has 2 unspecified atom stereocenters. The fourth-order valence-electron chi connectivity index (χ4n) is 1.87. The largest absolute Gasteiger partial charge is 0.491 e. The maximum Gasteiger partial charge on any atom is 0.120 e. The van der Waals surface area contributed by atoms with Crippen molar-refractivity contribution in [3.63, 3.8) is 0 Å². The Kier molecular flexibility index (Phi) is 5.59. The van der Waals surface area contributed by atoms with Gasteiger partial charge in [0.05, 0.1) is 19.3 Å². The van der Waals surface area contributed by atoms with Crippen molar-refractivity contribution >= 4 is 0 Å². The van der Waals surface area contributed by atoms with Gasteiger partial charge in [-0.15, -0.1) is 0 Å². The highest BCUT2D eigenvalue weighted by atomic mass is 16.5. The standard InChI is InChI=1S/C14H23NO3/c1-11(8-14(2,10-17)15-3)18-13-6-4-5-12(7-13)9-16/h4-7,11,15-17H,8-10H2,1-3H3. The predicted molar refractivity (Wildman–Crippen MR) is 71.6 cm³/mol. The average Bonchev–Trinajstić information content (AvgIpc) is 2.38. The lowest BCUT2D eigenvalue weighted by atomic mass is 9.96. The van der Waals surface area contributed by atoms with Gasteiger partial charge in [-0.2, -0.15) is 0 Å². The van der Waals surface area contributed by atoms with E-state index in [1.165, 1.54) is 0 Å². The van der Waals surface area contributed by atoms with Gasteiger partial charge in [0, 0.05) is 12.0 Å². The highest BCUT2D eigenvalue weighted by Gasteiger charge is 2.24. The van der Waals surface area contributed by atoms with E-state index in [0.29, 0.717) is 6.42 Å². The lowest BCUT2D eigenvalue weighted by molar-refractivity contribution is 0.115. The molecule has 4 heteroatoms. The third-order valence-electron chi connectivity index (χ3n) is 3.11. The Balaban J connectivity index is 2.61. The van der Waals surface area contributed by atoms with Crippen LogP contribution in [0.2, 0.25) is 0 Å². The van der Waals surface area contributed by atoms with E-state index in [4.69, 9.17) is 9.84 Å². The summed E-state index contributed by atoms with van der Waals surface area (Å²) in [4.78, 5) is 0. The molecule has 0 aliphatic carbocycles. The minimum atomic E-state index is -0.339. The topological polar surface area (TPSA) is 61.7 Å². The number of aliphatic hydroxyl groups is 2. The van der Waals surface area contributed by atoms with E-state index in [2.05, 4.69) is 5.32 Å². The van der Waals surface area contributed by atoms with Crippen molar-refractivity contribution in [2.75, 3.05) is 13.7 Å². The normalized spacial score (nSPS) is 16.1. The van der Waals surface area contributed by atoms with Gasteiger partial charge in [-0.3, -0.25) is 0 Å². The highest BCUT2D eigenvalue weighted by Crippen LogP contribution is 2.19. The molecule has 0 aliphatic heterocycles. The zero-order chi connectivity index (χ0) is 13.6. The van der Waals surface area contributed by atoms with Crippen molar-refractivity contribution in [3.05, 3.63) is 29.8 Å². The van der Waals surface area contributed by atoms with Gasteiger partial charge in [0.15, 0.2) is 0 Å². The van der Waals surface area contributed by atoms with E-state index in [0.717, 1.165) is 11.3 Å². The molecule has 0 aliphatic rings. The second kappa shape index (κ2) is 6.73. The van der Waals surface area contributed by atoms with Crippen molar-refractivity contribution < 1.29 is 14.9 Å². The second-order valence-corrected chi connectivity index (χ2v) is 4.91. The van der Waals surface area contributed by atoms with Crippen LogP contribution in [0.15, 0.2) is 24.3 Å². The molecule has 0 saturated carbocycles. The van der Waals surface area contributed by atoms with Crippen LogP contribution in [0.1, 0.15) is 25.8 Å². The van der Waals surface area contributed by atoms with Crippen LogP contribution in [-0.4, -0.2) is 35.5 Å². The molecule has 4 nitrogen and oxygen atoms in total. The summed E-state index contributed by atoms with van der Waals surface area (Å²) in [6, 6.07) is 7.40. The van der Waals surface area contributed by atoms with Gasteiger partial charge in [0.25, 0.3) is 0 Å². The molecule has 0 amide bonds. The van der Waals surface area contributed by atoms with Gasteiger partial charge in [-0.1, -0.05) is 12.1 Å². The van der Waals surface area contributed by atoms with E-state index in [9.17, 15) is 5.11 Å². The average molecular weight is 253 g/mol. The summed E-state index contributed by atoms with van der Waals surface area (Å²) in [5.41, 5.74) is 0.492. The summed E-state index contributed by atoms with van der Waals surface area (Å²) in [7, 11) is 1.83. The molecule has 0 spiro atoms. The molecule has 102 valence electrons. The van der Waals surface area contributed by atoms with Crippen LogP contribution in [-0.2, 0) is 6.61 Å². The number of rotatable bonds is 7. The molecule has 18 heavy (non-hydrogen) atoms. The Labute approximate surface area is 109 Å². The number of likely N-dealkylation sites (N-methyl/N-ethyl adjacent to an activating group) is 1. The zero-order valence-electron chi connectivity index (χ0n) is 11.3. The molecule has 0 bridgehead atoms. The monoisotopic (exact) mass is 253 g/mol. The van der Waals surface area contributed by atoms with E-state index < -0.39 is 0 Å². The van der Waals surface area contributed by atoms with Crippen molar-refractivity contribution in [2.24, 2.45) is 0 Å². The number of aliphatic hydroxyl groups excluding tert-OH is 2. The third kappa shape index (κ3) is 4.29. The van der Waals surface area contributed by atoms with Gasteiger partial charge < -0.3 is 20.3 Å². The Morgan fingerprint density at radius 1 is 1.39 bits per heavy atom. The molecule has 3 N–H and O–H groups in total. The maximum absolute atomic E-state index is 9.33. The highest BCUT2D eigenvalue weighted by molar-refractivity contribution is 5.28. The van der Waals surface area contributed by atoms with Gasteiger partial charge in [0.2, 0.25) is 0 Å². The van der Waals surface area contributed by atoms with Gasteiger partial charge in [-0.05, 0) is 38.6 Å². The maximum atomic E-state index is 9.33. The fraction of sp³-hybridized carbons (Fsp3) is 0.571. The number of hydrogen-bond acceptors (Lipinski definition) is 4. The summed E-state index contributed by atoms with van der Waals surface area (Å²) in [6.07, 6.45) is 0.673. The van der Waals surface area contributed by atoms with Crippen LogP contribution in [0.4, 0.5) is 0 Å². The zero-order valence-corrected chi connectivity index (χ0v) is 11.3. The summed E-state index contributed by atoms with van der Waals surface area (Å²) in [6.45, 7) is 4.00. The van der Waals surface area contributed by atoms with Crippen LogP contribution >= 0.6 is 0 Å². The second-order valence-electron chi connectivity index (χ2n) is 4.91. The number of ether oxygens (including phenoxy) is 1. The van der Waals surface area contributed by atoms with Crippen molar-refractivity contribution in [1.82, 2.24) is 5.32 Å². The molecule has 0 aromatic heterocycles. The minimum absolute atomic E-state index is 0.0104. The Hall–Kier alpha value is -1.10. The third-order valence-corrected chi connectivity index (χ3v) is 3.11. The van der Waals surface area contributed by atoms with Crippen LogP contribution in [0.3, 0.4) is 0 Å². The summed E-state index contributed by atoms with van der Waals surface area (Å²) in [5, 5.41) is 21.5. The van der Waals surface area contributed by atoms with Crippen LogP contribution in [0.25, 0.3) is 0 Å². The quantitative estimate of drug-likeness (QED) is 0.685. The summed E-state index contributed by atoms with van der Waals surface area (Å²) < 4.78 is 5.79. The molecule has 0 radical (unpaired) electrons. The lowest BCUT2D eigenvalue weighted by Crippen LogP contribution is -2.46. The molecular weight excluding hydrogens is 230 g/mol. The van der Waals surface area contributed by atoms with E-state index in [-0.39, 0.29) is 24.9 Å². The van der Waals surface area contributed by atoms with Gasteiger partial charge >= 0.3 is 0 Å². The molecular formula is C14H23NO3. The molecule has 1 aromatic rings. The number of benzene rings is 1. The fourth-order valence-corrected chi connectivity index (χ4v) is 1.87. The molecule has 0 fully saturated rings. The predicted octanol–water partition coefficient (Wildman–Crippen LogP) is 1.31. The molecule has 2 atom stereocenters. The van der Waals surface area contributed by atoms with Crippen LogP contribution in [0, 0.1) is 0 Å². The Morgan fingerprint density at radius 2 is 2.11 bits per heavy atom. The lowest BCUT2D eigenvalue weighted by Gasteiger charge is -2.30. The number of hydrogen-bond donors (Lipinski definition) is 3. The van der Waals surface area contributed by atoms with Crippen molar-refractivity contribution in [1.29, 1.82) is 0 Å². The Bertz CT molecular complexity index is 364. The molecule has 1 aromatic carbocycles. The minimum Gasteiger partial charge on any atom is -0.491 e. The molecule has 0 heterocycles. The van der Waals surface area contributed by atoms with E-state index in [1.807, 2.05) is 45.2 Å². The first-order chi connectivity index (χ1) is 8.53. The van der Waals surface area contributed by atoms with Crippen LogP contribution in [0.5, 0.6) is 5.75 Å². The first-order valence-electron chi connectivity index (χ1n) is 6.19. The first-order valence-corrected chi connectivity index (χ1v) is 6.19. The van der Waals surface area contributed by atoms with Crippen LogP contribution < -0.4 is 10.1 Å². The van der Waals surface area contributed by atoms with E-state index in [1.54, 1.807) is 0 Å². The van der Waals surface area contributed by atoms with E-state index >= 15 is 0 Å². The molecule has 1 rings (SSSR count). The van der Waals surface area contributed by atoms with Crippen molar-refractivity contribution in [2.45, 2.75) is 38.5 Å². The smallest absolute Gasteiger partial charge is 0.120 e. The van der Waals surface area contributed by atoms with Crippen molar-refractivity contribution in [3.8, 4) is 5.75 Å². The summed E-state index contributed by atoms with van der Waals surface area (Å²) in [5.74, 6) is 0.741. The molecule has 0 saturated heterocycles. The Morgan fingerprint density at radius 3 is 2.67 bits per heavy atom. The SMILES string of the molecule is CNC(C)(CO)CC(C)Oc1cccc(CO)c1. The summed E-state index contributed by atoms with van der Waals surface area (Å²) >= 11 is 0. The van der Waals surface area contributed by atoms with Gasteiger partial charge in [-0.25, -0.2) is 0 Å².